The van der Waals surface area contributed by atoms with Gasteiger partial charge in [0.1, 0.15) is 24.7 Å². The number of carboxylic acids is 3. The number of nitrogens with one attached hydrogen (secondary N) is 1. The van der Waals surface area contributed by atoms with E-state index in [4.69, 9.17) is 10.8 Å². The average molecular weight is 464 g/mol. The number of unbranched alkanes of at least 4 members (excludes halogenated alkanes) is 4. The molecule has 3 atom stereocenters. The molecule has 11 nitrogen and oxygen atoms in total. The SMILES string of the molecule is CCCCCCCC(C(=O)O)N(CC(=O)O)C(=O)C(CS)NC(=O)CCC(N)C(=O)O. The van der Waals surface area contributed by atoms with Gasteiger partial charge in [0.05, 0.1) is 0 Å². The second-order valence-electron chi connectivity index (χ2n) is 7.20. The number of amides is 2. The Morgan fingerprint density at radius 3 is 2.06 bits per heavy atom. The van der Waals surface area contributed by atoms with E-state index in [0.29, 0.717) is 6.42 Å². The topological polar surface area (TPSA) is 187 Å². The van der Waals surface area contributed by atoms with E-state index < -0.39 is 54.4 Å². The molecule has 0 rings (SSSR count). The van der Waals surface area contributed by atoms with Gasteiger partial charge >= 0.3 is 17.9 Å². The highest BCUT2D eigenvalue weighted by molar-refractivity contribution is 7.80. The van der Waals surface area contributed by atoms with Crippen LogP contribution in [0, 0.1) is 0 Å². The smallest absolute Gasteiger partial charge is 0.326 e. The van der Waals surface area contributed by atoms with Crippen LogP contribution >= 0.6 is 12.6 Å². The van der Waals surface area contributed by atoms with E-state index in [0.717, 1.165) is 30.6 Å². The fraction of sp³-hybridized carbons (Fsp3) is 0.737. The molecular formula is C19H33N3O8S. The molecule has 0 radical (unpaired) electrons. The number of rotatable bonds is 17. The molecule has 0 aromatic rings. The summed E-state index contributed by atoms with van der Waals surface area (Å²) < 4.78 is 0. The monoisotopic (exact) mass is 463 g/mol. The second-order valence-corrected chi connectivity index (χ2v) is 7.57. The third-order valence-electron chi connectivity index (χ3n) is 4.65. The van der Waals surface area contributed by atoms with E-state index in [2.05, 4.69) is 17.9 Å². The van der Waals surface area contributed by atoms with E-state index in [1.54, 1.807) is 0 Å². The van der Waals surface area contributed by atoms with Crippen LogP contribution in [0.2, 0.25) is 0 Å². The molecule has 0 aliphatic carbocycles. The van der Waals surface area contributed by atoms with Gasteiger partial charge in [-0.25, -0.2) is 4.79 Å². The van der Waals surface area contributed by atoms with Crippen LogP contribution in [0.5, 0.6) is 0 Å². The fourth-order valence-corrected chi connectivity index (χ4v) is 3.15. The molecule has 0 aliphatic rings. The average Bonchev–Trinajstić information content (AvgIpc) is 2.70. The first kappa shape index (κ1) is 28.7. The summed E-state index contributed by atoms with van der Waals surface area (Å²) in [6.45, 7) is 1.20. The van der Waals surface area contributed by atoms with Crippen LogP contribution in [0.15, 0.2) is 0 Å². The lowest BCUT2D eigenvalue weighted by Crippen LogP contribution is -2.56. The maximum Gasteiger partial charge on any atom is 0.326 e. The molecule has 0 heterocycles. The molecule has 0 fully saturated rings. The van der Waals surface area contributed by atoms with Crippen molar-refractivity contribution in [1.29, 1.82) is 0 Å². The summed E-state index contributed by atoms with van der Waals surface area (Å²) in [6.07, 6.45) is 3.81. The minimum Gasteiger partial charge on any atom is -0.480 e. The largest absolute Gasteiger partial charge is 0.480 e. The third kappa shape index (κ3) is 11.6. The summed E-state index contributed by atoms with van der Waals surface area (Å²) in [7, 11) is 0. The van der Waals surface area contributed by atoms with Crippen molar-refractivity contribution in [3.8, 4) is 0 Å². The minimum atomic E-state index is -1.39. The molecule has 0 saturated carbocycles. The number of carbonyl (C=O) groups excluding carboxylic acids is 2. The molecule has 0 aromatic carbocycles. The molecule has 31 heavy (non-hydrogen) atoms. The van der Waals surface area contributed by atoms with Gasteiger partial charge in [-0.1, -0.05) is 39.0 Å². The van der Waals surface area contributed by atoms with Gasteiger partial charge in [-0.2, -0.15) is 12.6 Å². The van der Waals surface area contributed by atoms with Crippen molar-refractivity contribution in [2.75, 3.05) is 12.3 Å². The Morgan fingerprint density at radius 2 is 1.58 bits per heavy atom. The zero-order valence-corrected chi connectivity index (χ0v) is 18.6. The van der Waals surface area contributed by atoms with Crippen molar-refractivity contribution in [2.45, 2.75) is 76.4 Å². The van der Waals surface area contributed by atoms with E-state index >= 15 is 0 Å². The van der Waals surface area contributed by atoms with Crippen LogP contribution in [-0.2, 0) is 24.0 Å². The first-order chi connectivity index (χ1) is 14.5. The maximum atomic E-state index is 12.9. The molecule has 12 heteroatoms. The van der Waals surface area contributed by atoms with Crippen LogP contribution < -0.4 is 11.1 Å². The van der Waals surface area contributed by atoms with Gasteiger partial charge in [-0.05, 0) is 12.8 Å². The number of nitrogens with two attached hydrogens (primary N) is 1. The molecule has 0 spiro atoms. The number of carbonyl (C=O) groups is 5. The van der Waals surface area contributed by atoms with Crippen LogP contribution in [-0.4, -0.2) is 80.4 Å². The predicted octanol–water partition coefficient (Wildman–Crippen LogP) is 0.320. The molecule has 3 unspecified atom stereocenters. The van der Waals surface area contributed by atoms with Crippen molar-refractivity contribution in [3.63, 3.8) is 0 Å². The first-order valence-corrected chi connectivity index (χ1v) is 10.8. The van der Waals surface area contributed by atoms with E-state index in [1.165, 1.54) is 0 Å². The summed E-state index contributed by atoms with van der Waals surface area (Å²) in [5.41, 5.74) is 5.34. The van der Waals surface area contributed by atoms with Crippen LogP contribution in [0.4, 0.5) is 0 Å². The molecule has 6 N–H and O–H groups in total. The Kier molecular flexibility index (Phi) is 14.3. The highest BCUT2D eigenvalue weighted by Gasteiger charge is 2.35. The number of hydrogen-bond acceptors (Lipinski definition) is 7. The van der Waals surface area contributed by atoms with Crippen LogP contribution in [0.3, 0.4) is 0 Å². The lowest BCUT2D eigenvalue weighted by atomic mass is 10.0. The van der Waals surface area contributed by atoms with E-state index in [1.807, 2.05) is 6.92 Å². The third-order valence-corrected chi connectivity index (χ3v) is 5.01. The summed E-state index contributed by atoms with van der Waals surface area (Å²) >= 11 is 4.01. The fourth-order valence-electron chi connectivity index (χ4n) is 2.90. The predicted molar refractivity (Wildman–Crippen MR) is 115 cm³/mol. The van der Waals surface area contributed by atoms with E-state index in [9.17, 15) is 34.2 Å². The summed E-state index contributed by atoms with van der Waals surface area (Å²) in [4.78, 5) is 59.4. The number of thiol groups is 1. The maximum absolute atomic E-state index is 12.9. The molecular weight excluding hydrogens is 430 g/mol. The van der Waals surface area contributed by atoms with Crippen molar-refractivity contribution >= 4 is 42.4 Å². The van der Waals surface area contributed by atoms with Crippen molar-refractivity contribution in [1.82, 2.24) is 10.2 Å². The molecule has 2 amide bonds. The van der Waals surface area contributed by atoms with Crippen molar-refractivity contribution in [3.05, 3.63) is 0 Å². The lowest BCUT2D eigenvalue weighted by molar-refractivity contribution is -0.155. The number of aliphatic carboxylic acids is 3. The van der Waals surface area contributed by atoms with E-state index in [-0.39, 0.29) is 25.0 Å². The standard InChI is InChI=1S/C19H33N3O8S/c1-2-3-4-5-6-7-14(19(29)30)22(10-16(24)25)17(26)13(11-31)21-15(23)9-8-12(20)18(27)28/h12-14,31H,2-11,20H2,1H3,(H,21,23)(H,24,25)(H,27,28)(H,29,30). The molecule has 0 saturated heterocycles. The Balaban J connectivity index is 5.25. The molecule has 0 aliphatic heterocycles. The Bertz CT molecular complexity index is 631. The lowest BCUT2D eigenvalue weighted by Gasteiger charge is -2.31. The normalized spacial score (nSPS) is 13.6. The quantitative estimate of drug-likeness (QED) is 0.130. The zero-order valence-electron chi connectivity index (χ0n) is 17.7. The Hall–Kier alpha value is -2.34. The highest BCUT2D eigenvalue weighted by Crippen LogP contribution is 2.14. The van der Waals surface area contributed by atoms with Crippen LogP contribution in [0.1, 0.15) is 58.3 Å². The summed E-state index contributed by atoms with van der Waals surface area (Å²) in [6, 6.07) is -3.87. The number of carboxylic acid groups (broad SMARTS) is 3. The number of hydrogen-bond donors (Lipinski definition) is 6. The van der Waals surface area contributed by atoms with Crippen molar-refractivity contribution in [2.24, 2.45) is 5.73 Å². The van der Waals surface area contributed by atoms with Crippen molar-refractivity contribution < 1.29 is 39.3 Å². The summed E-state index contributed by atoms with van der Waals surface area (Å²) in [5.74, 6) is -5.75. The van der Waals surface area contributed by atoms with Gasteiger partial charge in [0.25, 0.3) is 0 Å². The minimum absolute atomic E-state index is 0.0821. The Labute approximate surface area is 186 Å². The van der Waals surface area contributed by atoms with Gasteiger partial charge in [0.15, 0.2) is 0 Å². The molecule has 0 bridgehead atoms. The molecule has 0 aromatic heterocycles. The highest BCUT2D eigenvalue weighted by atomic mass is 32.1. The second kappa shape index (κ2) is 15.5. The van der Waals surface area contributed by atoms with Gasteiger partial charge in [0.2, 0.25) is 11.8 Å². The van der Waals surface area contributed by atoms with Gasteiger partial charge < -0.3 is 31.3 Å². The number of nitrogens with zero attached hydrogens (tertiary/aromatic N) is 1. The van der Waals surface area contributed by atoms with Crippen LogP contribution in [0.25, 0.3) is 0 Å². The molecule has 178 valence electrons. The van der Waals surface area contributed by atoms with Gasteiger partial charge in [0, 0.05) is 12.2 Å². The zero-order chi connectivity index (χ0) is 24.0. The first-order valence-electron chi connectivity index (χ1n) is 10.2. The summed E-state index contributed by atoms with van der Waals surface area (Å²) in [5, 5.41) is 29.9. The van der Waals surface area contributed by atoms with Gasteiger partial charge in [-0.15, -0.1) is 0 Å². The van der Waals surface area contributed by atoms with Gasteiger partial charge in [-0.3, -0.25) is 19.2 Å². The Morgan fingerprint density at radius 1 is 0.968 bits per heavy atom.